The molecule has 1 heterocycles. The molecular formula is C21H27NO5. The maximum Gasteiger partial charge on any atom is 0.332 e. The topological polar surface area (TPSA) is 76.1 Å². The summed E-state index contributed by atoms with van der Waals surface area (Å²) in [5, 5.41) is 9.64. The van der Waals surface area contributed by atoms with Crippen molar-refractivity contribution in [2.75, 3.05) is 27.3 Å². The molecule has 1 saturated carbocycles. The lowest BCUT2D eigenvalue weighted by molar-refractivity contribution is -0.136. The molecule has 1 aliphatic heterocycles. The number of benzene rings is 1. The van der Waals surface area contributed by atoms with Gasteiger partial charge in [-0.1, -0.05) is 18.9 Å². The van der Waals surface area contributed by atoms with E-state index in [2.05, 4.69) is 0 Å². The third-order valence-corrected chi connectivity index (χ3v) is 5.73. The number of rotatable bonds is 6. The number of ether oxygens (including phenoxy) is 2. The van der Waals surface area contributed by atoms with Crippen LogP contribution in [0.1, 0.15) is 37.7 Å². The molecule has 6 nitrogen and oxygen atoms in total. The number of amides is 1. The minimum absolute atomic E-state index is 0.0395. The molecule has 1 saturated heterocycles. The highest BCUT2D eigenvalue weighted by Crippen LogP contribution is 2.37. The van der Waals surface area contributed by atoms with Gasteiger partial charge in [-0.3, -0.25) is 4.79 Å². The van der Waals surface area contributed by atoms with E-state index in [1.165, 1.54) is 46.0 Å². The first kappa shape index (κ1) is 19.3. The third-order valence-electron chi connectivity index (χ3n) is 5.73. The molecule has 1 aromatic carbocycles. The number of fused-ring (bicyclic) bond motifs is 1. The van der Waals surface area contributed by atoms with Gasteiger partial charge in [0.1, 0.15) is 11.5 Å². The van der Waals surface area contributed by atoms with Gasteiger partial charge in [-0.2, -0.15) is 0 Å². The van der Waals surface area contributed by atoms with Crippen LogP contribution in [0.15, 0.2) is 23.8 Å². The van der Waals surface area contributed by atoms with Crippen LogP contribution in [-0.4, -0.2) is 49.2 Å². The second kappa shape index (κ2) is 8.46. The third kappa shape index (κ3) is 4.26. The Balaban J connectivity index is 1.80. The van der Waals surface area contributed by atoms with E-state index >= 15 is 0 Å². The highest BCUT2D eigenvalue weighted by molar-refractivity contribution is 5.99. The first-order valence-corrected chi connectivity index (χ1v) is 9.46. The fraction of sp³-hybridized carbons (Fsp3) is 0.524. The van der Waals surface area contributed by atoms with Crippen molar-refractivity contribution >= 4 is 18.0 Å². The summed E-state index contributed by atoms with van der Waals surface area (Å²) in [7, 11) is 3.04. The van der Waals surface area contributed by atoms with Gasteiger partial charge in [0.15, 0.2) is 0 Å². The van der Waals surface area contributed by atoms with E-state index in [1.807, 2.05) is 4.90 Å². The van der Waals surface area contributed by atoms with Crippen LogP contribution in [0.2, 0.25) is 0 Å². The molecule has 27 heavy (non-hydrogen) atoms. The molecule has 0 aromatic heterocycles. The van der Waals surface area contributed by atoms with Crippen LogP contribution in [0.3, 0.4) is 0 Å². The molecular weight excluding hydrogens is 346 g/mol. The first-order valence-electron chi connectivity index (χ1n) is 9.46. The van der Waals surface area contributed by atoms with Gasteiger partial charge in [-0.15, -0.1) is 0 Å². The molecule has 146 valence electrons. The largest absolute Gasteiger partial charge is 0.496 e. The minimum atomic E-state index is -1.10. The monoisotopic (exact) mass is 373 g/mol. The van der Waals surface area contributed by atoms with E-state index in [4.69, 9.17) is 9.47 Å². The van der Waals surface area contributed by atoms with Gasteiger partial charge in [0.25, 0.3) is 0 Å². The fourth-order valence-electron chi connectivity index (χ4n) is 4.27. The summed E-state index contributed by atoms with van der Waals surface area (Å²) in [4.78, 5) is 26.4. The number of methoxy groups -OCH3 is 2. The smallest absolute Gasteiger partial charge is 0.332 e. The van der Waals surface area contributed by atoms with Gasteiger partial charge in [0.05, 0.1) is 26.2 Å². The van der Waals surface area contributed by atoms with Crippen LogP contribution in [0.25, 0.3) is 6.08 Å². The van der Waals surface area contributed by atoms with E-state index in [0.717, 1.165) is 13.1 Å². The number of carbonyl (C=O) groups excluding carboxylic acids is 1. The van der Waals surface area contributed by atoms with Crippen molar-refractivity contribution in [1.82, 2.24) is 4.90 Å². The Hall–Kier alpha value is -2.50. The number of likely N-dealkylation sites (tertiary alicyclic amines) is 1. The number of aliphatic carboxylic acids is 1. The molecule has 2 unspecified atom stereocenters. The lowest BCUT2D eigenvalue weighted by atomic mass is 9.82. The number of hydrogen-bond donors (Lipinski definition) is 1. The maximum atomic E-state index is 12.8. The fourth-order valence-corrected chi connectivity index (χ4v) is 4.27. The minimum Gasteiger partial charge on any atom is -0.496 e. The zero-order valence-corrected chi connectivity index (χ0v) is 15.9. The van der Waals surface area contributed by atoms with Crippen LogP contribution >= 0.6 is 0 Å². The number of carboxylic acids is 1. The number of carbonyl (C=O) groups is 2. The molecule has 0 spiro atoms. The quantitative estimate of drug-likeness (QED) is 0.775. The Morgan fingerprint density at radius 2 is 1.67 bits per heavy atom. The van der Waals surface area contributed by atoms with Crippen molar-refractivity contribution in [3.05, 3.63) is 29.3 Å². The molecule has 2 aliphatic rings. The van der Waals surface area contributed by atoms with Gasteiger partial charge in [-0.25, -0.2) is 4.79 Å². The van der Waals surface area contributed by atoms with Crippen molar-refractivity contribution in [3.8, 4) is 11.5 Å². The zero-order chi connectivity index (χ0) is 19.4. The summed E-state index contributed by atoms with van der Waals surface area (Å²) >= 11 is 0. The van der Waals surface area contributed by atoms with Crippen molar-refractivity contribution < 1.29 is 24.2 Å². The summed E-state index contributed by atoms with van der Waals surface area (Å²) < 4.78 is 10.6. The van der Waals surface area contributed by atoms with Gasteiger partial charge in [-0.05, 0) is 42.9 Å². The molecule has 3 rings (SSSR count). The van der Waals surface area contributed by atoms with E-state index in [9.17, 15) is 14.7 Å². The van der Waals surface area contributed by atoms with E-state index in [0.29, 0.717) is 28.9 Å². The first-order chi connectivity index (χ1) is 13.0. The summed E-state index contributed by atoms with van der Waals surface area (Å²) in [6.45, 7) is 1.52. The molecule has 0 bridgehead atoms. The Bertz CT molecular complexity index is 706. The summed E-state index contributed by atoms with van der Waals surface area (Å²) in [5.41, 5.74) is 0.570. The Morgan fingerprint density at radius 1 is 1.11 bits per heavy atom. The average molecular weight is 373 g/mol. The number of carboxylic acid groups (broad SMARTS) is 1. The molecule has 1 aromatic rings. The van der Waals surface area contributed by atoms with Gasteiger partial charge in [0.2, 0.25) is 5.91 Å². The molecule has 1 amide bonds. The molecule has 2 fully saturated rings. The van der Waals surface area contributed by atoms with Crippen molar-refractivity contribution in [1.29, 1.82) is 0 Å². The summed E-state index contributed by atoms with van der Waals surface area (Å²) in [6, 6.07) is 5.24. The van der Waals surface area contributed by atoms with Crippen LogP contribution in [0, 0.1) is 11.8 Å². The average Bonchev–Trinajstić information content (AvgIpc) is 3.11. The zero-order valence-electron chi connectivity index (χ0n) is 15.9. The van der Waals surface area contributed by atoms with E-state index in [-0.39, 0.29) is 17.9 Å². The van der Waals surface area contributed by atoms with E-state index < -0.39 is 5.97 Å². The van der Waals surface area contributed by atoms with E-state index in [1.54, 1.807) is 18.2 Å². The Labute approximate surface area is 159 Å². The molecule has 2 atom stereocenters. The second-order valence-corrected chi connectivity index (χ2v) is 7.33. The number of nitrogens with zero attached hydrogens (tertiary/aromatic N) is 1. The van der Waals surface area contributed by atoms with Crippen LogP contribution < -0.4 is 9.47 Å². The maximum absolute atomic E-state index is 12.8. The molecule has 6 heteroatoms. The molecule has 1 aliphatic carbocycles. The lowest BCUT2D eigenvalue weighted by Crippen LogP contribution is -2.29. The normalized spacial score (nSPS) is 22.3. The predicted molar refractivity (Wildman–Crippen MR) is 102 cm³/mol. The Morgan fingerprint density at radius 3 is 2.15 bits per heavy atom. The summed E-state index contributed by atoms with van der Waals surface area (Å²) in [6.07, 6.45) is 6.17. The highest BCUT2D eigenvalue weighted by Gasteiger charge is 2.36. The summed E-state index contributed by atoms with van der Waals surface area (Å²) in [5.74, 6) is 0.948. The van der Waals surface area contributed by atoms with Crippen LogP contribution in [0.5, 0.6) is 11.5 Å². The van der Waals surface area contributed by atoms with Gasteiger partial charge < -0.3 is 19.5 Å². The second-order valence-electron chi connectivity index (χ2n) is 7.33. The van der Waals surface area contributed by atoms with Crippen molar-refractivity contribution in [2.45, 2.75) is 32.1 Å². The Kier molecular flexibility index (Phi) is 6.04. The number of hydrogen-bond acceptors (Lipinski definition) is 4. The van der Waals surface area contributed by atoms with Crippen molar-refractivity contribution in [2.24, 2.45) is 11.8 Å². The predicted octanol–water partition coefficient (Wildman–Crippen LogP) is 3.21. The lowest BCUT2D eigenvalue weighted by Gasteiger charge is -2.22. The molecule has 1 N–H and O–H groups in total. The molecule has 0 radical (unpaired) electrons. The van der Waals surface area contributed by atoms with Crippen LogP contribution in [0.4, 0.5) is 0 Å². The van der Waals surface area contributed by atoms with Gasteiger partial charge >= 0.3 is 5.97 Å². The van der Waals surface area contributed by atoms with Crippen LogP contribution in [-0.2, 0) is 9.59 Å². The SMILES string of the molecule is COc1cccc(OC)c1/C=C(/CC(=O)N1CC2CCCCC2C1)C(=O)O. The standard InChI is InChI=1S/C21H27NO5/c1-26-18-8-5-9-19(27-2)17(18)10-16(21(24)25)11-20(23)22-12-14-6-3-4-7-15(14)13-22/h5,8-10,14-15H,3-4,6-7,11-13H2,1-2H3,(H,24,25)/b16-10-. The van der Waals surface area contributed by atoms with Gasteiger partial charge in [0, 0.05) is 18.7 Å². The highest BCUT2D eigenvalue weighted by atomic mass is 16.5. The van der Waals surface area contributed by atoms with Crippen molar-refractivity contribution in [3.63, 3.8) is 0 Å².